The van der Waals surface area contributed by atoms with Crippen LogP contribution >= 0.6 is 0 Å². The van der Waals surface area contributed by atoms with Crippen LogP contribution in [0.1, 0.15) is 33.3 Å². The van der Waals surface area contributed by atoms with Gasteiger partial charge in [0.1, 0.15) is 22.9 Å². The second kappa shape index (κ2) is 8.82. The molecule has 1 aliphatic rings. The molecule has 1 aromatic heterocycles. The molecule has 0 unspecified atom stereocenters. The molecule has 0 saturated carbocycles. The molecule has 0 spiro atoms. The topological polar surface area (TPSA) is 59.8 Å². The first-order valence-corrected chi connectivity index (χ1v) is 11.5. The van der Waals surface area contributed by atoms with Crippen LogP contribution < -0.4 is 10.2 Å². The standard InChI is InChI=1S/C30H20FNO4/c31-21-14-15-25-24(17-21)28(33)26-27(20-10-7-13-23(16-20)35-22-11-5-2-6-12-22)32(30(34)29(26)36-25)18-19-8-3-1-4-9-19/h1-17,27H,18H2/t27-/m1/s1. The molecule has 6 rings (SSSR count). The molecule has 0 saturated heterocycles. The van der Waals surface area contributed by atoms with Gasteiger partial charge in [0.05, 0.1) is 17.0 Å². The van der Waals surface area contributed by atoms with Crippen molar-refractivity contribution >= 4 is 16.9 Å². The molecule has 0 N–H and O–H groups in total. The van der Waals surface area contributed by atoms with Crippen molar-refractivity contribution in [2.75, 3.05) is 0 Å². The Kier molecular flexibility index (Phi) is 5.34. The number of rotatable bonds is 5. The molecule has 0 bridgehead atoms. The van der Waals surface area contributed by atoms with E-state index >= 15 is 0 Å². The molecular weight excluding hydrogens is 457 g/mol. The number of para-hydroxylation sites is 1. The zero-order chi connectivity index (χ0) is 24.6. The molecule has 5 nitrogen and oxygen atoms in total. The smallest absolute Gasteiger partial charge is 0.291 e. The number of carbonyl (C=O) groups is 1. The Hall–Kier alpha value is -4.71. The van der Waals surface area contributed by atoms with Crippen LogP contribution in [0.15, 0.2) is 112 Å². The zero-order valence-electron chi connectivity index (χ0n) is 19.1. The summed E-state index contributed by atoms with van der Waals surface area (Å²) in [4.78, 5) is 28.9. The molecule has 176 valence electrons. The third-order valence-corrected chi connectivity index (χ3v) is 6.28. The Balaban J connectivity index is 1.51. The number of ether oxygens (including phenoxy) is 1. The quantitative estimate of drug-likeness (QED) is 0.291. The van der Waals surface area contributed by atoms with E-state index in [1.807, 2.05) is 84.9 Å². The monoisotopic (exact) mass is 477 g/mol. The van der Waals surface area contributed by atoms with E-state index in [2.05, 4.69) is 0 Å². The minimum Gasteiger partial charge on any atom is -0.457 e. The van der Waals surface area contributed by atoms with Crippen LogP contribution in [0.5, 0.6) is 11.5 Å². The summed E-state index contributed by atoms with van der Waals surface area (Å²) in [7, 11) is 0. The number of hydrogen-bond acceptors (Lipinski definition) is 4. The lowest BCUT2D eigenvalue weighted by molar-refractivity contribution is 0.0714. The normalized spacial score (nSPS) is 14.8. The van der Waals surface area contributed by atoms with Crippen molar-refractivity contribution in [1.82, 2.24) is 4.90 Å². The van der Waals surface area contributed by atoms with Gasteiger partial charge >= 0.3 is 0 Å². The van der Waals surface area contributed by atoms with Gasteiger partial charge in [-0.05, 0) is 53.6 Å². The SMILES string of the molecule is O=C1c2oc3ccc(F)cc3c(=O)c2[C@@H](c2cccc(Oc3ccccc3)c2)N1Cc1ccccc1. The minimum absolute atomic E-state index is 0.0191. The Bertz CT molecular complexity index is 1650. The summed E-state index contributed by atoms with van der Waals surface area (Å²) in [6.45, 7) is 0.266. The fourth-order valence-electron chi connectivity index (χ4n) is 4.66. The van der Waals surface area contributed by atoms with Gasteiger partial charge in [-0.1, -0.05) is 60.7 Å². The van der Waals surface area contributed by atoms with Crippen molar-refractivity contribution in [3.05, 3.63) is 142 Å². The van der Waals surface area contributed by atoms with E-state index in [4.69, 9.17) is 9.15 Å². The molecule has 0 aliphatic carbocycles. The Morgan fingerprint density at radius 2 is 1.53 bits per heavy atom. The van der Waals surface area contributed by atoms with E-state index in [0.717, 1.165) is 11.6 Å². The van der Waals surface area contributed by atoms with Gasteiger partial charge in [0.2, 0.25) is 5.76 Å². The summed E-state index contributed by atoms with van der Waals surface area (Å²) in [6.07, 6.45) is 0. The maximum absolute atomic E-state index is 14.0. The van der Waals surface area contributed by atoms with Crippen LogP contribution in [0.4, 0.5) is 4.39 Å². The first-order chi connectivity index (χ1) is 17.6. The minimum atomic E-state index is -0.726. The number of hydrogen-bond donors (Lipinski definition) is 0. The average Bonchev–Trinajstić information content (AvgIpc) is 3.17. The van der Waals surface area contributed by atoms with Crippen LogP contribution in [0.3, 0.4) is 0 Å². The summed E-state index contributed by atoms with van der Waals surface area (Å²) >= 11 is 0. The summed E-state index contributed by atoms with van der Waals surface area (Å²) in [5.74, 6) is 0.274. The first kappa shape index (κ1) is 21.8. The summed E-state index contributed by atoms with van der Waals surface area (Å²) in [5.41, 5.74) is 1.55. The van der Waals surface area contributed by atoms with Crippen molar-refractivity contribution < 1.29 is 18.3 Å². The molecule has 4 aromatic carbocycles. The first-order valence-electron chi connectivity index (χ1n) is 11.5. The molecule has 1 atom stereocenters. The van der Waals surface area contributed by atoms with Gasteiger partial charge in [0.15, 0.2) is 5.43 Å². The van der Waals surface area contributed by atoms with Crippen LogP contribution in [-0.4, -0.2) is 10.8 Å². The second-order valence-electron chi connectivity index (χ2n) is 8.62. The molecule has 1 amide bonds. The highest BCUT2D eigenvalue weighted by Gasteiger charge is 2.42. The largest absolute Gasteiger partial charge is 0.457 e. The fraction of sp³-hybridized carbons (Fsp3) is 0.0667. The Morgan fingerprint density at radius 1 is 0.806 bits per heavy atom. The zero-order valence-corrected chi connectivity index (χ0v) is 19.1. The lowest BCUT2D eigenvalue weighted by Gasteiger charge is -2.25. The lowest BCUT2D eigenvalue weighted by atomic mass is 9.98. The van der Waals surface area contributed by atoms with Crippen LogP contribution in [0.25, 0.3) is 11.0 Å². The van der Waals surface area contributed by atoms with E-state index in [-0.39, 0.29) is 28.8 Å². The Labute approximate surface area is 206 Å². The highest BCUT2D eigenvalue weighted by Crippen LogP contribution is 2.40. The van der Waals surface area contributed by atoms with Crippen LogP contribution in [0.2, 0.25) is 0 Å². The molecular formula is C30H20FNO4. The molecule has 6 heteroatoms. The van der Waals surface area contributed by atoms with E-state index in [1.54, 1.807) is 4.90 Å². The molecule has 5 aromatic rings. The van der Waals surface area contributed by atoms with Gasteiger partial charge in [0, 0.05) is 6.54 Å². The predicted octanol–water partition coefficient (Wildman–Crippen LogP) is 6.47. The number of amides is 1. The van der Waals surface area contributed by atoms with Gasteiger partial charge in [-0.25, -0.2) is 4.39 Å². The predicted molar refractivity (Wildman–Crippen MR) is 134 cm³/mol. The number of benzene rings is 4. The molecule has 2 heterocycles. The average molecular weight is 477 g/mol. The molecule has 36 heavy (non-hydrogen) atoms. The van der Waals surface area contributed by atoms with E-state index in [9.17, 15) is 14.0 Å². The van der Waals surface area contributed by atoms with Gasteiger partial charge in [-0.15, -0.1) is 0 Å². The van der Waals surface area contributed by atoms with E-state index in [0.29, 0.717) is 17.1 Å². The highest BCUT2D eigenvalue weighted by atomic mass is 19.1. The van der Waals surface area contributed by atoms with Crippen molar-refractivity contribution in [3.8, 4) is 11.5 Å². The third kappa shape index (κ3) is 3.82. The highest BCUT2D eigenvalue weighted by molar-refractivity contribution is 5.99. The van der Waals surface area contributed by atoms with Crippen LogP contribution in [0, 0.1) is 5.82 Å². The second-order valence-corrected chi connectivity index (χ2v) is 8.62. The van der Waals surface area contributed by atoms with Gasteiger partial charge in [-0.2, -0.15) is 0 Å². The fourth-order valence-corrected chi connectivity index (χ4v) is 4.66. The van der Waals surface area contributed by atoms with Crippen molar-refractivity contribution in [2.45, 2.75) is 12.6 Å². The summed E-state index contributed by atoms with van der Waals surface area (Å²) in [6, 6.07) is 29.2. The van der Waals surface area contributed by atoms with Crippen LogP contribution in [-0.2, 0) is 6.54 Å². The summed E-state index contributed by atoms with van der Waals surface area (Å²) < 4.78 is 25.9. The number of fused-ring (bicyclic) bond motifs is 2. The van der Waals surface area contributed by atoms with E-state index < -0.39 is 23.2 Å². The molecule has 1 aliphatic heterocycles. The van der Waals surface area contributed by atoms with Gasteiger partial charge < -0.3 is 14.1 Å². The molecule has 0 radical (unpaired) electrons. The number of nitrogens with zero attached hydrogens (tertiary/aromatic N) is 1. The number of carbonyl (C=O) groups excluding carboxylic acids is 1. The lowest BCUT2D eigenvalue weighted by Crippen LogP contribution is -2.29. The van der Waals surface area contributed by atoms with Crippen molar-refractivity contribution in [2.24, 2.45) is 0 Å². The van der Waals surface area contributed by atoms with Crippen molar-refractivity contribution in [3.63, 3.8) is 0 Å². The van der Waals surface area contributed by atoms with Crippen molar-refractivity contribution in [1.29, 1.82) is 0 Å². The third-order valence-electron chi connectivity index (χ3n) is 6.28. The summed E-state index contributed by atoms with van der Waals surface area (Å²) in [5, 5.41) is 0.102. The maximum Gasteiger partial charge on any atom is 0.291 e. The number of halogens is 1. The molecule has 0 fully saturated rings. The Morgan fingerprint density at radius 3 is 2.31 bits per heavy atom. The van der Waals surface area contributed by atoms with Gasteiger partial charge in [0.25, 0.3) is 5.91 Å². The van der Waals surface area contributed by atoms with E-state index in [1.165, 1.54) is 12.1 Å². The maximum atomic E-state index is 14.0. The van der Waals surface area contributed by atoms with Gasteiger partial charge in [-0.3, -0.25) is 9.59 Å².